The van der Waals surface area contributed by atoms with Gasteiger partial charge in [0.1, 0.15) is 5.01 Å². The van der Waals surface area contributed by atoms with Crippen LogP contribution in [0.25, 0.3) is 16.8 Å². The molecule has 0 atom stereocenters. The molecule has 0 saturated carbocycles. The number of ketones is 1. The fraction of sp³-hybridized carbons (Fsp3) is 0.259. The van der Waals surface area contributed by atoms with Gasteiger partial charge in [-0.05, 0) is 48.4 Å². The number of anilines is 1. The number of nitrogens with zero attached hydrogens (tertiary/aromatic N) is 2. The fourth-order valence-electron chi connectivity index (χ4n) is 4.58. The summed E-state index contributed by atoms with van der Waals surface area (Å²) in [6.07, 6.45) is 5.65. The summed E-state index contributed by atoms with van der Waals surface area (Å²) in [4.78, 5) is 21.7. The van der Waals surface area contributed by atoms with E-state index >= 15 is 0 Å². The van der Waals surface area contributed by atoms with Crippen LogP contribution >= 0.6 is 34.7 Å². The van der Waals surface area contributed by atoms with E-state index in [9.17, 15) is 4.79 Å². The number of thioether (sulfide) groups is 1. The first kappa shape index (κ1) is 22.5. The number of allylic oxidation sites excluding steroid dienone is 3. The summed E-state index contributed by atoms with van der Waals surface area (Å²) >= 11 is 9.41. The summed E-state index contributed by atoms with van der Waals surface area (Å²) in [5, 5.41) is 3.75. The molecule has 1 aliphatic heterocycles. The van der Waals surface area contributed by atoms with Gasteiger partial charge in [0.2, 0.25) is 0 Å². The smallest absolute Gasteiger partial charge is 0.165 e. The van der Waals surface area contributed by atoms with Crippen LogP contribution in [-0.2, 0) is 4.79 Å². The van der Waals surface area contributed by atoms with Gasteiger partial charge in [0.15, 0.2) is 5.78 Å². The lowest BCUT2D eigenvalue weighted by Gasteiger charge is -2.41. The molecule has 0 unspecified atom stereocenters. The van der Waals surface area contributed by atoms with Crippen molar-refractivity contribution in [3.8, 4) is 11.3 Å². The standard InChI is InChI=1S/C27H25ClN2OS2/c1-27(2)13-23-20(24(31)14-27)12-18(15-30(23)22-6-4-5-7-25(22)32-3)26-29-21(16-33-26)17-8-10-19(28)11-9-17/h4-12,16H,13-15H2,1-3H3. The Morgan fingerprint density at radius 2 is 1.85 bits per heavy atom. The summed E-state index contributed by atoms with van der Waals surface area (Å²) in [5.74, 6) is 0.222. The number of para-hydroxylation sites is 1. The number of carbonyl (C=O) groups is 1. The SMILES string of the molecule is CSc1ccccc1N1CC(c2nc(-c3ccc(Cl)cc3)cs2)=CC2=C1CC(C)(C)CC2=O. The molecule has 0 amide bonds. The first-order valence-corrected chi connectivity index (χ1v) is 13.4. The Bertz CT molecular complexity index is 1290. The Morgan fingerprint density at radius 3 is 2.61 bits per heavy atom. The van der Waals surface area contributed by atoms with Gasteiger partial charge in [-0.3, -0.25) is 4.79 Å². The minimum atomic E-state index is -0.0449. The third kappa shape index (κ3) is 4.42. The van der Waals surface area contributed by atoms with Gasteiger partial charge in [-0.2, -0.15) is 0 Å². The van der Waals surface area contributed by atoms with Crippen LogP contribution in [0.5, 0.6) is 0 Å². The lowest BCUT2D eigenvalue weighted by molar-refractivity contribution is -0.117. The fourth-order valence-corrected chi connectivity index (χ4v) is 6.15. The van der Waals surface area contributed by atoms with Gasteiger partial charge in [-0.1, -0.05) is 49.7 Å². The molecule has 2 heterocycles. The average Bonchev–Trinajstić information content (AvgIpc) is 3.29. The van der Waals surface area contributed by atoms with Gasteiger partial charge in [-0.25, -0.2) is 4.98 Å². The number of carbonyl (C=O) groups excluding carboxylic acids is 1. The Hall–Kier alpha value is -2.34. The molecule has 0 saturated heterocycles. The molecule has 3 nitrogen and oxygen atoms in total. The van der Waals surface area contributed by atoms with E-state index in [0.717, 1.165) is 45.2 Å². The lowest BCUT2D eigenvalue weighted by Crippen LogP contribution is -2.37. The van der Waals surface area contributed by atoms with Crippen LogP contribution < -0.4 is 4.90 Å². The largest absolute Gasteiger partial charge is 0.339 e. The van der Waals surface area contributed by atoms with E-state index in [1.165, 1.54) is 4.90 Å². The molecule has 168 valence electrons. The van der Waals surface area contributed by atoms with Crippen molar-refractivity contribution in [1.29, 1.82) is 0 Å². The predicted molar refractivity (Wildman–Crippen MR) is 141 cm³/mol. The molecule has 3 aromatic rings. The third-order valence-corrected chi connectivity index (χ3v) is 8.12. The molecule has 1 aromatic heterocycles. The van der Waals surface area contributed by atoms with Crippen LogP contribution in [0.15, 0.2) is 76.2 Å². The molecular formula is C27H25ClN2OS2. The number of aromatic nitrogens is 1. The van der Waals surface area contributed by atoms with Crippen LogP contribution in [0.1, 0.15) is 31.7 Å². The average molecular weight is 493 g/mol. The highest BCUT2D eigenvalue weighted by atomic mass is 35.5. The van der Waals surface area contributed by atoms with E-state index in [1.807, 2.05) is 24.3 Å². The summed E-state index contributed by atoms with van der Waals surface area (Å²) in [6.45, 7) is 5.07. The van der Waals surface area contributed by atoms with E-state index in [4.69, 9.17) is 16.6 Å². The van der Waals surface area contributed by atoms with Gasteiger partial charge in [-0.15, -0.1) is 23.1 Å². The number of halogens is 1. The molecule has 33 heavy (non-hydrogen) atoms. The highest BCUT2D eigenvalue weighted by molar-refractivity contribution is 7.98. The van der Waals surface area contributed by atoms with E-state index in [1.54, 1.807) is 23.1 Å². The van der Waals surface area contributed by atoms with Crippen molar-refractivity contribution in [3.63, 3.8) is 0 Å². The summed E-state index contributed by atoms with van der Waals surface area (Å²) in [6, 6.07) is 16.2. The highest BCUT2D eigenvalue weighted by Crippen LogP contribution is 2.45. The normalized spacial score (nSPS) is 17.8. The second-order valence-corrected chi connectivity index (χ2v) is 11.4. The monoisotopic (exact) mass is 492 g/mol. The quantitative estimate of drug-likeness (QED) is 0.349. The molecule has 0 fully saturated rings. The number of Topliss-reactive ketones (excluding diaryl/α,β-unsaturated/α-hetero) is 1. The second-order valence-electron chi connectivity index (χ2n) is 9.27. The zero-order valence-corrected chi connectivity index (χ0v) is 21.3. The van der Waals surface area contributed by atoms with Crippen LogP contribution in [0, 0.1) is 5.41 Å². The van der Waals surface area contributed by atoms with Gasteiger partial charge in [0.25, 0.3) is 0 Å². The number of benzene rings is 2. The summed E-state index contributed by atoms with van der Waals surface area (Å²) < 4.78 is 0. The summed E-state index contributed by atoms with van der Waals surface area (Å²) in [5.41, 5.74) is 6.14. The van der Waals surface area contributed by atoms with E-state index in [-0.39, 0.29) is 11.2 Å². The first-order valence-electron chi connectivity index (χ1n) is 10.9. The number of thiazole rings is 1. The van der Waals surface area contributed by atoms with Gasteiger partial charge < -0.3 is 4.90 Å². The Kier molecular flexibility index (Phi) is 5.98. The van der Waals surface area contributed by atoms with Crippen molar-refractivity contribution in [1.82, 2.24) is 4.98 Å². The number of hydrogen-bond acceptors (Lipinski definition) is 5. The van der Waals surface area contributed by atoms with Crippen molar-refractivity contribution in [2.75, 3.05) is 17.7 Å². The van der Waals surface area contributed by atoms with Gasteiger partial charge in [0, 0.05) is 44.1 Å². The molecule has 2 aliphatic rings. The molecule has 0 radical (unpaired) electrons. The molecule has 2 aromatic carbocycles. The zero-order valence-electron chi connectivity index (χ0n) is 18.9. The van der Waals surface area contributed by atoms with Crippen LogP contribution in [0.2, 0.25) is 5.02 Å². The molecule has 0 N–H and O–H groups in total. The minimum Gasteiger partial charge on any atom is -0.339 e. The Labute approximate surface area is 208 Å². The highest BCUT2D eigenvalue weighted by Gasteiger charge is 2.37. The van der Waals surface area contributed by atoms with E-state index in [0.29, 0.717) is 18.0 Å². The third-order valence-electron chi connectivity index (χ3n) is 6.16. The predicted octanol–water partition coefficient (Wildman–Crippen LogP) is 7.73. The maximum atomic E-state index is 13.2. The number of hydrogen-bond donors (Lipinski definition) is 0. The first-order chi connectivity index (χ1) is 15.8. The molecule has 0 bridgehead atoms. The van der Waals surface area contributed by atoms with Crippen molar-refractivity contribution < 1.29 is 4.79 Å². The zero-order chi connectivity index (χ0) is 23.2. The van der Waals surface area contributed by atoms with Crippen LogP contribution in [0.3, 0.4) is 0 Å². The van der Waals surface area contributed by atoms with Crippen LogP contribution in [0.4, 0.5) is 5.69 Å². The van der Waals surface area contributed by atoms with E-state index < -0.39 is 0 Å². The Morgan fingerprint density at radius 1 is 1.09 bits per heavy atom. The molecular weight excluding hydrogens is 468 g/mol. The van der Waals surface area contributed by atoms with E-state index in [2.05, 4.69) is 60.7 Å². The number of rotatable bonds is 4. The minimum absolute atomic E-state index is 0.0449. The molecule has 0 spiro atoms. The van der Waals surface area contributed by atoms with Gasteiger partial charge in [0.05, 0.1) is 17.9 Å². The van der Waals surface area contributed by atoms with Crippen LogP contribution in [-0.4, -0.2) is 23.6 Å². The Balaban J connectivity index is 1.59. The van der Waals surface area contributed by atoms with Gasteiger partial charge >= 0.3 is 0 Å². The second kappa shape index (κ2) is 8.79. The molecule has 6 heteroatoms. The maximum Gasteiger partial charge on any atom is 0.165 e. The summed E-state index contributed by atoms with van der Waals surface area (Å²) in [7, 11) is 0. The van der Waals surface area contributed by atoms with Crippen molar-refractivity contribution in [3.05, 3.63) is 81.3 Å². The van der Waals surface area contributed by atoms with Crippen molar-refractivity contribution in [2.45, 2.75) is 31.6 Å². The maximum absolute atomic E-state index is 13.2. The van der Waals surface area contributed by atoms with Crippen molar-refractivity contribution in [2.24, 2.45) is 5.41 Å². The van der Waals surface area contributed by atoms with Crippen molar-refractivity contribution >= 4 is 51.7 Å². The molecule has 1 aliphatic carbocycles. The topological polar surface area (TPSA) is 33.2 Å². The molecule has 5 rings (SSSR count). The lowest BCUT2D eigenvalue weighted by atomic mass is 9.74.